The molecule has 2 unspecified atom stereocenters. The van der Waals surface area contributed by atoms with Crippen LogP contribution in [0.4, 0.5) is 0 Å². The fraction of sp³-hybridized carbons (Fsp3) is 0.333. The van der Waals surface area contributed by atoms with E-state index < -0.39 is 6.10 Å². The van der Waals surface area contributed by atoms with E-state index in [9.17, 15) is 9.90 Å². The first-order valence-corrected chi connectivity index (χ1v) is 12.1. The molecule has 176 valence electrons. The summed E-state index contributed by atoms with van der Waals surface area (Å²) in [6.45, 7) is 1.09. The van der Waals surface area contributed by atoms with Crippen molar-refractivity contribution in [3.8, 4) is 28.3 Å². The molecule has 1 aliphatic carbocycles. The molecule has 0 spiro atoms. The molecule has 1 fully saturated rings. The molecule has 5 rings (SSSR count). The van der Waals surface area contributed by atoms with Gasteiger partial charge in [-0.05, 0) is 42.0 Å². The number of halogens is 1. The second-order valence-corrected chi connectivity index (χ2v) is 9.29. The standard InChI is InChI=1S/C27H28ClN3O3/c1-34-27-17(14-29-15-18-13-24(32)26(33)30-18)11-12-23(31-27)22-10-4-9-21(25(22)28)20-8-3-6-16-5-2-7-19(16)20/h3-4,6,8-12,18,24,29,32H,2,5,7,13-15H2,1H3,(H,30,33). The first kappa shape index (κ1) is 22.8. The summed E-state index contributed by atoms with van der Waals surface area (Å²) in [6, 6.07) is 16.4. The monoisotopic (exact) mass is 477 g/mol. The van der Waals surface area contributed by atoms with Crippen LogP contribution >= 0.6 is 11.6 Å². The van der Waals surface area contributed by atoms with Crippen molar-refractivity contribution in [3.63, 3.8) is 0 Å². The van der Waals surface area contributed by atoms with Crippen LogP contribution < -0.4 is 15.4 Å². The summed E-state index contributed by atoms with van der Waals surface area (Å²) in [5, 5.41) is 16.4. The molecule has 1 aromatic heterocycles. The number of methoxy groups -OCH3 is 1. The number of ether oxygens (including phenoxy) is 1. The lowest BCUT2D eigenvalue weighted by molar-refractivity contribution is -0.126. The first-order chi connectivity index (χ1) is 16.5. The number of aromatic nitrogens is 1. The summed E-state index contributed by atoms with van der Waals surface area (Å²) in [7, 11) is 1.61. The van der Waals surface area contributed by atoms with Gasteiger partial charge in [-0.3, -0.25) is 4.79 Å². The van der Waals surface area contributed by atoms with Crippen LogP contribution in [0.2, 0.25) is 5.02 Å². The second kappa shape index (κ2) is 9.74. The summed E-state index contributed by atoms with van der Waals surface area (Å²) in [4.78, 5) is 16.2. The van der Waals surface area contributed by atoms with E-state index in [1.807, 2.05) is 24.3 Å². The molecule has 7 heteroatoms. The van der Waals surface area contributed by atoms with Crippen LogP contribution in [0.15, 0.2) is 48.5 Å². The topological polar surface area (TPSA) is 83.5 Å². The van der Waals surface area contributed by atoms with Crippen molar-refractivity contribution in [2.75, 3.05) is 13.7 Å². The zero-order valence-corrected chi connectivity index (χ0v) is 19.9. The maximum absolute atomic E-state index is 11.5. The van der Waals surface area contributed by atoms with Gasteiger partial charge in [-0.1, -0.05) is 54.1 Å². The van der Waals surface area contributed by atoms with Gasteiger partial charge < -0.3 is 20.5 Å². The molecule has 2 atom stereocenters. The van der Waals surface area contributed by atoms with Gasteiger partial charge in [0.05, 0.1) is 17.8 Å². The van der Waals surface area contributed by atoms with Crippen molar-refractivity contribution in [2.45, 2.75) is 44.4 Å². The number of aliphatic hydroxyl groups is 1. The third kappa shape index (κ3) is 4.41. The molecule has 0 bridgehead atoms. The Bertz CT molecular complexity index is 1230. The van der Waals surface area contributed by atoms with Crippen LogP contribution in [0.5, 0.6) is 5.88 Å². The molecular formula is C27H28ClN3O3. The van der Waals surface area contributed by atoms with E-state index in [4.69, 9.17) is 21.3 Å². The Morgan fingerprint density at radius 3 is 2.71 bits per heavy atom. The van der Waals surface area contributed by atoms with Crippen molar-refractivity contribution in [1.82, 2.24) is 15.6 Å². The van der Waals surface area contributed by atoms with Crippen LogP contribution in [-0.2, 0) is 24.2 Å². The zero-order chi connectivity index (χ0) is 23.7. The molecule has 2 heterocycles. The second-order valence-electron chi connectivity index (χ2n) is 8.92. The summed E-state index contributed by atoms with van der Waals surface area (Å²) >= 11 is 6.95. The fourth-order valence-electron chi connectivity index (χ4n) is 4.99. The normalized spacial score (nSPS) is 19.2. The number of amides is 1. The van der Waals surface area contributed by atoms with Crippen LogP contribution in [0, 0.1) is 0 Å². The zero-order valence-electron chi connectivity index (χ0n) is 19.1. The molecule has 0 saturated carbocycles. The average molecular weight is 478 g/mol. The molecule has 6 nitrogen and oxygen atoms in total. The van der Waals surface area contributed by atoms with Gasteiger partial charge in [0, 0.05) is 42.2 Å². The Balaban J connectivity index is 1.37. The maximum atomic E-state index is 11.5. The molecule has 2 aromatic carbocycles. The quantitative estimate of drug-likeness (QED) is 0.480. The largest absolute Gasteiger partial charge is 0.481 e. The molecule has 2 aliphatic rings. The fourth-order valence-corrected chi connectivity index (χ4v) is 5.31. The highest BCUT2D eigenvalue weighted by atomic mass is 35.5. The predicted octanol–water partition coefficient (Wildman–Crippen LogP) is 3.91. The Morgan fingerprint density at radius 2 is 1.91 bits per heavy atom. The van der Waals surface area contributed by atoms with Gasteiger partial charge >= 0.3 is 0 Å². The minimum atomic E-state index is -0.917. The average Bonchev–Trinajstić information content (AvgIpc) is 3.45. The van der Waals surface area contributed by atoms with Gasteiger partial charge in [0.2, 0.25) is 11.8 Å². The van der Waals surface area contributed by atoms with Gasteiger partial charge in [0.25, 0.3) is 0 Å². The Labute approximate surface area is 204 Å². The molecule has 1 aliphatic heterocycles. The summed E-state index contributed by atoms with van der Waals surface area (Å²) < 4.78 is 5.58. The molecule has 1 amide bonds. The number of carbonyl (C=O) groups excluding carboxylic acids is 1. The Kier molecular flexibility index (Phi) is 6.55. The third-order valence-corrected chi connectivity index (χ3v) is 7.11. The Hall–Kier alpha value is -2.93. The number of aryl methyl sites for hydroxylation is 1. The number of hydrogen-bond acceptors (Lipinski definition) is 5. The number of nitrogens with one attached hydrogen (secondary N) is 2. The molecule has 3 aromatic rings. The van der Waals surface area contributed by atoms with Gasteiger partial charge in [-0.25, -0.2) is 4.98 Å². The molecule has 0 radical (unpaired) electrons. The van der Waals surface area contributed by atoms with E-state index in [2.05, 4.69) is 34.9 Å². The smallest absolute Gasteiger partial charge is 0.249 e. The predicted molar refractivity (Wildman–Crippen MR) is 133 cm³/mol. The molecule has 3 N–H and O–H groups in total. The number of benzene rings is 2. The maximum Gasteiger partial charge on any atom is 0.249 e. The van der Waals surface area contributed by atoms with E-state index in [0.29, 0.717) is 30.4 Å². The number of aliphatic hydroxyl groups excluding tert-OH is 1. The number of hydrogen-bond donors (Lipinski definition) is 3. The molecule has 34 heavy (non-hydrogen) atoms. The van der Waals surface area contributed by atoms with Gasteiger partial charge in [-0.15, -0.1) is 0 Å². The van der Waals surface area contributed by atoms with Gasteiger partial charge in [0.1, 0.15) is 6.10 Å². The third-order valence-electron chi connectivity index (χ3n) is 6.71. The van der Waals surface area contributed by atoms with E-state index in [1.165, 1.54) is 23.1 Å². The van der Waals surface area contributed by atoms with Gasteiger partial charge in [0.15, 0.2) is 0 Å². The highest BCUT2D eigenvalue weighted by molar-refractivity contribution is 6.36. The number of fused-ring (bicyclic) bond motifs is 1. The first-order valence-electron chi connectivity index (χ1n) is 11.7. The van der Waals surface area contributed by atoms with Crippen LogP contribution in [0.1, 0.15) is 29.5 Å². The van der Waals surface area contributed by atoms with Crippen molar-refractivity contribution in [1.29, 1.82) is 0 Å². The van der Waals surface area contributed by atoms with Gasteiger partial charge in [-0.2, -0.15) is 0 Å². The van der Waals surface area contributed by atoms with Crippen molar-refractivity contribution < 1.29 is 14.6 Å². The van der Waals surface area contributed by atoms with E-state index in [-0.39, 0.29) is 11.9 Å². The van der Waals surface area contributed by atoms with Crippen LogP contribution in [0.25, 0.3) is 22.4 Å². The van der Waals surface area contributed by atoms with Crippen LogP contribution in [-0.4, -0.2) is 41.8 Å². The Morgan fingerprint density at radius 1 is 1.12 bits per heavy atom. The lowest BCUT2D eigenvalue weighted by Crippen LogP contribution is -2.35. The number of rotatable bonds is 7. The molecular weight excluding hydrogens is 450 g/mol. The van der Waals surface area contributed by atoms with E-state index >= 15 is 0 Å². The summed E-state index contributed by atoms with van der Waals surface area (Å²) in [6.07, 6.45) is 2.90. The number of pyridine rings is 1. The SMILES string of the molecule is COc1nc(-c2cccc(-c3cccc4c3CCC4)c2Cl)ccc1CNCC1CC(O)C(=O)N1. The number of nitrogens with zero attached hydrogens (tertiary/aromatic N) is 1. The van der Waals surface area contributed by atoms with E-state index in [1.54, 1.807) is 7.11 Å². The highest BCUT2D eigenvalue weighted by Gasteiger charge is 2.29. The lowest BCUT2D eigenvalue weighted by atomic mass is 9.95. The van der Waals surface area contributed by atoms with Crippen LogP contribution in [0.3, 0.4) is 0 Å². The minimum absolute atomic E-state index is 0.0818. The lowest BCUT2D eigenvalue weighted by Gasteiger charge is -2.15. The van der Waals surface area contributed by atoms with Crippen molar-refractivity contribution >= 4 is 17.5 Å². The summed E-state index contributed by atoms with van der Waals surface area (Å²) in [5.74, 6) is 0.220. The minimum Gasteiger partial charge on any atom is -0.481 e. The summed E-state index contributed by atoms with van der Waals surface area (Å²) in [5.41, 5.74) is 7.59. The van der Waals surface area contributed by atoms with Crippen molar-refractivity contribution in [2.24, 2.45) is 0 Å². The number of carbonyl (C=O) groups is 1. The van der Waals surface area contributed by atoms with Crippen molar-refractivity contribution in [3.05, 3.63) is 70.2 Å². The molecule has 1 saturated heterocycles. The highest BCUT2D eigenvalue weighted by Crippen LogP contribution is 2.40. The van der Waals surface area contributed by atoms with E-state index in [0.717, 1.165) is 35.2 Å².